The third-order valence-electron chi connectivity index (χ3n) is 12.0. The lowest BCUT2D eigenvalue weighted by atomic mass is 9.78. The smallest absolute Gasteiger partial charge is 0.139 e. The zero-order valence-corrected chi connectivity index (χ0v) is 33.1. The molecule has 1 aromatic heterocycles. The molecule has 56 heavy (non-hydrogen) atoms. The molecule has 2 aliphatic rings. The van der Waals surface area contributed by atoms with Crippen LogP contribution in [0.3, 0.4) is 0 Å². The predicted molar refractivity (Wildman–Crippen MR) is 239 cm³/mol. The van der Waals surface area contributed by atoms with Crippen LogP contribution in [0.25, 0.3) is 44.0 Å². The van der Waals surface area contributed by atoms with E-state index in [0.29, 0.717) is 0 Å². The molecule has 1 atom stereocenters. The Morgan fingerprint density at radius 1 is 0.750 bits per heavy atom. The Kier molecular flexibility index (Phi) is 9.22. The van der Waals surface area contributed by atoms with E-state index in [1.165, 1.54) is 77.6 Å². The summed E-state index contributed by atoms with van der Waals surface area (Å²) >= 11 is 0. The van der Waals surface area contributed by atoms with E-state index in [4.69, 9.17) is 4.42 Å². The average Bonchev–Trinajstić information content (AvgIpc) is 3.73. The molecule has 0 aliphatic heterocycles. The Morgan fingerprint density at radius 2 is 1.45 bits per heavy atom. The van der Waals surface area contributed by atoms with Gasteiger partial charge in [-0.1, -0.05) is 173 Å². The number of hydrogen-bond acceptors (Lipinski definition) is 2. The Morgan fingerprint density at radius 3 is 2.16 bits per heavy atom. The van der Waals surface area contributed by atoms with E-state index in [0.717, 1.165) is 24.2 Å². The lowest BCUT2D eigenvalue weighted by Crippen LogP contribution is -2.32. The summed E-state index contributed by atoms with van der Waals surface area (Å²) in [5.74, 6) is 1.25. The highest BCUT2D eigenvalue weighted by molar-refractivity contribution is 6.03. The highest BCUT2D eigenvalue weighted by Gasteiger charge is 2.43. The van der Waals surface area contributed by atoms with Crippen molar-refractivity contribution < 1.29 is 4.42 Å². The van der Waals surface area contributed by atoms with Crippen LogP contribution in [0, 0.1) is 0 Å². The Hall–Kier alpha value is -6.12. The topological polar surface area (TPSA) is 16.4 Å². The molecule has 0 radical (unpaired) electrons. The summed E-state index contributed by atoms with van der Waals surface area (Å²) < 4.78 is 7.16. The zero-order chi connectivity index (χ0) is 38.4. The van der Waals surface area contributed by atoms with Crippen LogP contribution in [-0.2, 0) is 5.41 Å². The largest absolute Gasteiger partial charge is 0.456 e. The minimum Gasteiger partial charge on any atom is -0.456 e. The van der Waals surface area contributed by atoms with Crippen LogP contribution in [0.4, 0.5) is 11.4 Å². The standard InChI is InChI=1S/C54H49NO/c1-6-7-26-46-50(53-49(36(2)3)51-44(24-17-28-48(51)56-53)40-21-12-9-13-22-40)45-25-16-27-47(52(45)54(46,4)5)55(43-34-31-38-20-14-15-23-41(38)35-43)42-32-29-39(30-33-42)37-18-10-8-11-19-37/h6-25,27-32,34-36,42H,26,33H2,1-5H3/b7-6-. The molecule has 7 aromatic rings. The van der Waals surface area contributed by atoms with Crippen LogP contribution < -0.4 is 4.90 Å². The molecule has 276 valence electrons. The maximum Gasteiger partial charge on any atom is 0.139 e. The maximum absolute atomic E-state index is 7.16. The van der Waals surface area contributed by atoms with Crippen molar-refractivity contribution in [1.29, 1.82) is 0 Å². The van der Waals surface area contributed by atoms with Gasteiger partial charge >= 0.3 is 0 Å². The second kappa shape index (κ2) is 14.5. The quantitative estimate of drug-likeness (QED) is 0.138. The van der Waals surface area contributed by atoms with E-state index in [-0.39, 0.29) is 17.4 Å². The summed E-state index contributed by atoms with van der Waals surface area (Å²) in [5.41, 5.74) is 14.6. The second-order valence-electron chi connectivity index (χ2n) is 16.1. The van der Waals surface area contributed by atoms with E-state index in [9.17, 15) is 0 Å². The van der Waals surface area contributed by atoms with Crippen LogP contribution in [0.15, 0.2) is 180 Å². The highest BCUT2D eigenvalue weighted by Crippen LogP contribution is 2.56. The van der Waals surface area contributed by atoms with Gasteiger partial charge in [0, 0.05) is 33.3 Å². The number of rotatable bonds is 9. The van der Waals surface area contributed by atoms with Gasteiger partial charge in [-0.25, -0.2) is 0 Å². The number of fused-ring (bicyclic) bond motifs is 3. The molecule has 2 aliphatic carbocycles. The lowest BCUT2D eigenvalue weighted by Gasteiger charge is -2.37. The number of benzene rings is 6. The van der Waals surface area contributed by atoms with E-state index in [2.05, 4.69) is 209 Å². The molecule has 0 bridgehead atoms. The van der Waals surface area contributed by atoms with Crippen LogP contribution in [0.1, 0.15) is 81.4 Å². The number of hydrogen-bond donors (Lipinski definition) is 0. The van der Waals surface area contributed by atoms with E-state index in [1.54, 1.807) is 0 Å². The summed E-state index contributed by atoms with van der Waals surface area (Å²) in [6, 6.07) is 50.8. The molecule has 0 N–H and O–H groups in total. The maximum atomic E-state index is 7.16. The van der Waals surface area contributed by atoms with Crippen molar-refractivity contribution in [2.45, 2.75) is 64.8 Å². The first-order valence-corrected chi connectivity index (χ1v) is 20.2. The van der Waals surface area contributed by atoms with Crippen molar-refractivity contribution in [2.24, 2.45) is 0 Å². The average molecular weight is 728 g/mol. The third-order valence-corrected chi connectivity index (χ3v) is 12.0. The summed E-state index contributed by atoms with van der Waals surface area (Å²) in [6.07, 6.45) is 13.4. The molecule has 2 nitrogen and oxygen atoms in total. The Bertz CT molecular complexity index is 2700. The first kappa shape index (κ1) is 35.6. The predicted octanol–water partition coefficient (Wildman–Crippen LogP) is 15.0. The second-order valence-corrected chi connectivity index (χ2v) is 16.1. The van der Waals surface area contributed by atoms with Crippen molar-refractivity contribution in [3.63, 3.8) is 0 Å². The van der Waals surface area contributed by atoms with Gasteiger partial charge in [0.2, 0.25) is 0 Å². The van der Waals surface area contributed by atoms with Crippen molar-refractivity contribution >= 4 is 44.3 Å². The molecule has 0 amide bonds. The molecule has 9 rings (SSSR count). The van der Waals surface area contributed by atoms with Gasteiger partial charge in [-0.2, -0.15) is 0 Å². The van der Waals surface area contributed by atoms with Crippen molar-refractivity contribution in [2.75, 3.05) is 4.90 Å². The molecule has 0 fully saturated rings. The number of anilines is 2. The van der Waals surface area contributed by atoms with Crippen LogP contribution in [0.2, 0.25) is 0 Å². The van der Waals surface area contributed by atoms with Crippen LogP contribution in [0.5, 0.6) is 0 Å². The first-order valence-electron chi connectivity index (χ1n) is 20.2. The highest BCUT2D eigenvalue weighted by atomic mass is 16.3. The fourth-order valence-corrected chi connectivity index (χ4v) is 9.33. The van der Waals surface area contributed by atoms with Crippen LogP contribution >= 0.6 is 0 Å². The van der Waals surface area contributed by atoms with Gasteiger partial charge in [-0.05, 0) is 99.7 Å². The van der Waals surface area contributed by atoms with Crippen molar-refractivity contribution in [1.82, 2.24) is 0 Å². The zero-order valence-electron chi connectivity index (χ0n) is 33.1. The van der Waals surface area contributed by atoms with Crippen LogP contribution in [-0.4, -0.2) is 6.04 Å². The molecule has 0 saturated carbocycles. The summed E-state index contributed by atoms with van der Waals surface area (Å²) in [6.45, 7) is 11.6. The molecule has 0 spiro atoms. The molecule has 1 heterocycles. The fourth-order valence-electron chi connectivity index (χ4n) is 9.33. The van der Waals surface area contributed by atoms with E-state index < -0.39 is 0 Å². The number of furan rings is 1. The minimum absolute atomic E-state index is 0.125. The summed E-state index contributed by atoms with van der Waals surface area (Å²) in [5, 5.41) is 3.71. The first-order chi connectivity index (χ1) is 27.3. The minimum atomic E-state index is -0.283. The summed E-state index contributed by atoms with van der Waals surface area (Å²) in [4.78, 5) is 2.60. The normalized spacial score (nSPS) is 16.3. The van der Waals surface area contributed by atoms with Gasteiger partial charge in [0.05, 0.1) is 6.04 Å². The fraction of sp³-hybridized carbons (Fsp3) is 0.185. The monoisotopic (exact) mass is 727 g/mol. The number of allylic oxidation sites excluding steroid dienone is 5. The number of nitrogens with zero attached hydrogens (tertiary/aromatic N) is 1. The molecule has 0 saturated heterocycles. The van der Waals surface area contributed by atoms with Gasteiger partial charge in [0.15, 0.2) is 0 Å². The Labute approximate surface area is 331 Å². The van der Waals surface area contributed by atoms with Gasteiger partial charge in [0.25, 0.3) is 0 Å². The van der Waals surface area contributed by atoms with Gasteiger partial charge in [-0.3, -0.25) is 0 Å². The van der Waals surface area contributed by atoms with Gasteiger partial charge < -0.3 is 9.32 Å². The van der Waals surface area contributed by atoms with Crippen molar-refractivity contribution in [3.05, 3.63) is 203 Å². The lowest BCUT2D eigenvalue weighted by molar-refractivity contribution is 0.586. The third kappa shape index (κ3) is 6.05. The molecule has 6 aromatic carbocycles. The molecule has 2 heteroatoms. The van der Waals surface area contributed by atoms with Gasteiger partial charge in [-0.15, -0.1) is 0 Å². The molecule has 1 unspecified atom stereocenters. The van der Waals surface area contributed by atoms with E-state index >= 15 is 0 Å². The van der Waals surface area contributed by atoms with Crippen molar-refractivity contribution in [3.8, 4) is 11.1 Å². The summed E-state index contributed by atoms with van der Waals surface area (Å²) in [7, 11) is 0. The molecular weight excluding hydrogens is 679 g/mol. The van der Waals surface area contributed by atoms with Gasteiger partial charge in [0.1, 0.15) is 11.3 Å². The Balaban J connectivity index is 1.26. The SMILES string of the molecule is C/C=C\CC1=C(c2oc3cccc(-c4ccccc4)c3c2C(C)C)c2cccc(N(c3ccc4ccccc4c3)C3C=CC(c4ccccc4)=CC3)c2C1(C)C. The molecular formula is C54H49NO. The van der Waals surface area contributed by atoms with E-state index in [1.807, 2.05) is 0 Å².